The van der Waals surface area contributed by atoms with Crippen LogP contribution in [-0.2, 0) is 14.3 Å². The van der Waals surface area contributed by atoms with E-state index in [2.05, 4.69) is 19.2 Å². The van der Waals surface area contributed by atoms with E-state index >= 15 is 0 Å². The molecule has 0 aromatic carbocycles. The second-order valence-corrected chi connectivity index (χ2v) is 12.6. The van der Waals surface area contributed by atoms with Gasteiger partial charge in [-0.05, 0) is 12.8 Å². The summed E-state index contributed by atoms with van der Waals surface area (Å²) in [5.41, 5.74) is 0. The van der Waals surface area contributed by atoms with Gasteiger partial charge < -0.3 is 50.5 Å². The van der Waals surface area contributed by atoms with Crippen molar-refractivity contribution in [3.63, 3.8) is 0 Å². The molecule has 0 aromatic heterocycles. The maximum Gasteiger partial charge on any atom is 0.249 e. The lowest BCUT2D eigenvalue weighted by Crippen LogP contribution is -2.60. The van der Waals surface area contributed by atoms with Gasteiger partial charge in [-0.15, -0.1) is 0 Å². The molecule has 1 aliphatic heterocycles. The van der Waals surface area contributed by atoms with E-state index in [0.29, 0.717) is 19.3 Å². The Hall–Kier alpha value is -0.890. The average molecular weight is 636 g/mol. The van der Waals surface area contributed by atoms with Crippen LogP contribution in [0.1, 0.15) is 136 Å². The number of aliphatic hydroxyl groups is 7. The molecule has 0 radical (unpaired) electrons. The van der Waals surface area contributed by atoms with Crippen molar-refractivity contribution in [2.45, 2.75) is 191 Å². The molecule has 1 aliphatic rings. The molecule has 8 N–H and O–H groups in total. The molecule has 0 bridgehead atoms. The second-order valence-electron chi connectivity index (χ2n) is 12.6. The Morgan fingerprint density at radius 3 is 1.68 bits per heavy atom. The summed E-state index contributed by atoms with van der Waals surface area (Å²) in [6, 6.07) is -1.16. The van der Waals surface area contributed by atoms with Crippen LogP contribution < -0.4 is 5.32 Å². The Labute approximate surface area is 265 Å². The number of hydrogen-bond acceptors (Lipinski definition) is 10. The summed E-state index contributed by atoms with van der Waals surface area (Å²) in [5.74, 6) is -0.703. The van der Waals surface area contributed by atoms with Crippen molar-refractivity contribution in [3.8, 4) is 0 Å². The summed E-state index contributed by atoms with van der Waals surface area (Å²) in [7, 11) is 0. The monoisotopic (exact) mass is 635 g/mol. The van der Waals surface area contributed by atoms with E-state index < -0.39 is 74.2 Å². The number of hydrogen-bond donors (Lipinski definition) is 8. The largest absolute Gasteiger partial charge is 0.394 e. The number of ether oxygens (including phenoxy) is 2. The Morgan fingerprint density at radius 1 is 0.705 bits per heavy atom. The molecule has 0 spiro atoms. The number of carbonyl (C=O) groups is 1. The normalized spacial score (nSPS) is 25.0. The third kappa shape index (κ3) is 16.6. The van der Waals surface area contributed by atoms with Crippen molar-refractivity contribution < 1.29 is 50.0 Å². The number of nitrogens with one attached hydrogen (secondary N) is 1. The highest BCUT2D eigenvalue weighted by molar-refractivity contribution is 5.80. The topological polar surface area (TPSA) is 189 Å². The highest BCUT2D eigenvalue weighted by Crippen LogP contribution is 2.23. The number of carbonyl (C=O) groups excluding carboxylic acids is 1. The van der Waals surface area contributed by atoms with Crippen molar-refractivity contribution in [1.82, 2.24) is 5.32 Å². The van der Waals surface area contributed by atoms with Gasteiger partial charge in [-0.3, -0.25) is 4.79 Å². The fourth-order valence-electron chi connectivity index (χ4n) is 5.61. The molecule has 1 saturated heterocycles. The van der Waals surface area contributed by atoms with Crippen LogP contribution >= 0.6 is 0 Å². The highest BCUT2D eigenvalue weighted by Gasteiger charge is 2.44. The van der Waals surface area contributed by atoms with E-state index in [1.165, 1.54) is 57.8 Å². The molecular formula is C33H65NO10. The van der Waals surface area contributed by atoms with Gasteiger partial charge in [0.15, 0.2) is 6.29 Å². The van der Waals surface area contributed by atoms with E-state index in [4.69, 9.17) is 9.47 Å². The van der Waals surface area contributed by atoms with Gasteiger partial charge in [0, 0.05) is 0 Å². The number of amides is 1. The molecule has 9 atom stereocenters. The minimum absolute atomic E-state index is 0.263. The van der Waals surface area contributed by atoms with E-state index in [0.717, 1.165) is 38.5 Å². The van der Waals surface area contributed by atoms with Gasteiger partial charge in [0.05, 0.1) is 25.4 Å². The van der Waals surface area contributed by atoms with E-state index in [1.807, 2.05) is 0 Å². The Kier molecular flexibility index (Phi) is 23.6. The fraction of sp³-hybridized carbons (Fsp3) is 0.970. The van der Waals surface area contributed by atoms with Crippen LogP contribution in [0.2, 0.25) is 0 Å². The predicted molar refractivity (Wildman–Crippen MR) is 169 cm³/mol. The van der Waals surface area contributed by atoms with Gasteiger partial charge in [-0.2, -0.15) is 0 Å². The minimum Gasteiger partial charge on any atom is -0.394 e. The Morgan fingerprint density at radius 2 is 1.18 bits per heavy atom. The van der Waals surface area contributed by atoms with Crippen LogP contribution in [0.5, 0.6) is 0 Å². The highest BCUT2D eigenvalue weighted by atomic mass is 16.7. The third-order valence-corrected chi connectivity index (χ3v) is 8.66. The summed E-state index contributed by atoms with van der Waals surface area (Å²) in [5, 5.41) is 74.7. The summed E-state index contributed by atoms with van der Waals surface area (Å²) in [4.78, 5) is 12.9. The molecule has 0 aliphatic carbocycles. The van der Waals surface area contributed by atoms with Gasteiger partial charge in [0.25, 0.3) is 0 Å². The zero-order chi connectivity index (χ0) is 32.7. The number of unbranched alkanes of at least 4 members (excludes halogenated alkanes) is 15. The second kappa shape index (κ2) is 25.2. The van der Waals surface area contributed by atoms with Gasteiger partial charge >= 0.3 is 0 Å². The van der Waals surface area contributed by atoms with Gasteiger partial charge in [-0.1, -0.05) is 123 Å². The van der Waals surface area contributed by atoms with Crippen LogP contribution in [-0.4, -0.2) is 110 Å². The quantitative estimate of drug-likeness (QED) is 0.0623. The molecule has 1 heterocycles. The molecule has 0 aromatic rings. The third-order valence-electron chi connectivity index (χ3n) is 8.66. The lowest BCUT2D eigenvalue weighted by molar-refractivity contribution is -0.303. The van der Waals surface area contributed by atoms with E-state index in [-0.39, 0.29) is 6.42 Å². The van der Waals surface area contributed by atoms with Crippen LogP contribution in [0.4, 0.5) is 0 Å². The van der Waals surface area contributed by atoms with Crippen molar-refractivity contribution in [3.05, 3.63) is 0 Å². The van der Waals surface area contributed by atoms with Gasteiger partial charge in [0.2, 0.25) is 5.91 Å². The molecule has 262 valence electrons. The summed E-state index contributed by atoms with van der Waals surface area (Å²) in [6.07, 6.45) is 7.70. The SMILES string of the molecule is CCCCCCCCCCCC(O)C(=O)NC(COC1OC(CO)C(O)C(O)C1O)C(O)C(O)CCCCCCCCCC. The molecular weight excluding hydrogens is 570 g/mol. The van der Waals surface area contributed by atoms with Crippen molar-refractivity contribution in [2.75, 3.05) is 13.2 Å². The van der Waals surface area contributed by atoms with Crippen LogP contribution in [0.3, 0.4) is 0 Å². The molecule has 9 unspecified atom stereocenters. The zero-order valence-corrected chi connectivity index (χ0v) is 27.4. The maximum absolute atomic E-state index is 12.9. The maximum atomic E-state index is 12.9. The lowest BCUT2D eigenvalue weighted by Gasteiger charge is -2.40. The molecule has 44 heavy (non-hydrogen) atoms. The zero-order valence-electron chi connectivity index (χ0n) is 27.4. The average Bonchev–Trinajstić information content (AvgIpc) is 3.02. The first kappa shape index (κ1) is 41.1. The minimum atomic E-state index is -1.65. The fourth-order valence-corrected chi connectivity index (χ4v) is 5.61. The lowest BCUT2D eigenvalue weighted by atomic mass is 9.98. The first-order valence-corrected chi connectivity index (χ1v) is 17.4. The summed E-state index contributed by atoms with van der Waals surface area (Å²) < 4.78 is 11.0. The van der Waals surface area contributed by atoms with Gasteiger partial charge in [0.1, 0.15) is 36.6 Å². The standard InChI is InChI=1S/C33H65NO10/c1-3-5-7-9-11-13-15-17-19-21-26(37)32(42)34-24(23-43-33-31(41)30(40)29(39)27(22-35)44-33)28(38)25(36)20-18-16-14-12-10-8-6-4-2/h24-31,33,35-41H,3-23H2,1-2H3,(H,34,42). The van der Waals surface area contributed by atoms with E-state index in [1.54, 1.807) is 0 Å². The molecule has 11 heteroatoms. The van der Waals surface area contributed by atoms with Crippen LogP contribution in [0.15, 0.2) is 0 Å². The summed E-state index contributed by atoms with van der Waals surface area (Å²) >= 11 is 0. The predicted octanol–water partition coefficient (Wildman–Crippen LogP) is 2.82. The van der Waals surface area contributed by atoms with Crippen molar-refractivity contribution in [2.24, 2.45) is 0 Å². The molecule has 1 amide bonds. The summed E-state index contributed by atoms with van der Waals surface area (Å²) in [6.45, 7) is 3.32. The molecule has 1 fully saturated rings. The van der Waals surface area contributed by atoms with E-state index in [9.17, 15) is 40.5 Å². The van der Waals surface area contributed by atoms with Crippen LogP contribution in [0.25, 0.3) is 0 Å². The Bertz CT molecular complexity index is 699. The number of rotatable bonds is 27. The Balaban J connectivity index is 2.65. The van der Waals surface area contributed by atoms with Crippen LogP contribution in [0, 0.1) is 0 Å². The molecule has 0 saturated carbocycles. The smallest absolute Gasteiger partial charge is 0.249 e. The van der Waals surface area contributed by atoms with Crippen molar-refractivity contribution >= 4 is 5.91 Å². The first-order valence-electron chi connectivity index (χ1n) is 17.4. The van der Waals surface area contributed by atoms with Gasteiger partial charge in [-0.25, -0.2) is 0 Å². The number of aliphatic hydroxyl groups excluding tert-OH is 7. The molecule has 1 rings (SSSR count). The molecule has 11 nitrogen and oxygen atoms in total. The van der Waals surface area contributed by atoms with Crippen molar-refractivity contribution in [1.29, 1.82) is 0 Å². The first-order chi connectivity index (χ1) is 21.2.